The van der Waals surface area contributed by atoms with E-state index in [2.05, 4.69) is 8.92 Å². The van der Waals surface area contributed by atoms with Gasteiger partial charge >= 0.3 is 21.6 Å². The number of hydrogen-bond acceptors (Lipinski definition) is 5. The van der Waals surface area contributed by atoms with Gasteiger partial charge in [-0.1, -0.05) is 0 Å². The van der Waals surface area contributed by atoms with E-state index in [1.165, 1.54) is 0 Å². The first-order valence-electron chi connectivity index (χ1n) is 3.69. The lowest BCUT2D eigenvalue weighted by Gasteiger charge is -2.09. The summed E-state index contributed by atoms with van der Waals surface area (Å²) in [5.41, 5.74) is -6.25. The minimum absolute atomic E-state index is 0.502. The summed E-state index contributed by atoms with van der Waals surface area (Å²) in [5.74, 6) is -2.45. The van der Waals surface area contributed by atoms with Crippen LogP contribution < -0.4 is 0 Å². The molecular weight excluding hydrogens is 257 g/mol. The summed E-state index contributed by atoms with van der Waals surface area (Å²) in [5, 5.41) is 8.49. The molecule has 0 unspecified atom stereocenters. The largest absolute Gasteiger partial charge is 0.534 e. The summed E-state index contributed by atoms with van der Waals surface area (Å²) >= 11 is 0. The van der Waals surface area contributed by atoms with Gasteiger partial charge in [0.05, 0.1) is 6.61 Å². The molecule has 0 bridgehead atoms. The second kappa shape index (κ2) is 3.94. The molecule has 16 heavy (non-hydrogen) atoms. The highest BCUT2D eigenvalue weighted by Gasteiger charge is 2.49. The van der Waals surface area contributed by atoms with E-state index in [4.69, 9.17) is 5.11 Å². The van der Waals surface area contributed by atoms with Crippen LogP contribution >= 0.6 is 0 Å². The molecule has 0 fully saturated rings. The van der Waals surface area contributed by atoms with Gasteiger partial charge in [-0.15, -0.1) is 0 Å². The van der Waals surface area contributed by atoms with Gasteiger partial charge in [0.1, 0.15) is 12.2 Å². The standard InChI is InChI=1S/C6H5F3O6S/c7-6(8,9)16(12,13)15-4-2-14-1-3(4)5(10)11/h1-2H2,(H,10,11). The average Bonchev–Trinajstić information content (AvgIpc) is 2.49. The number of carbonyl (C=O) groups is 1. The van der Waals surface area contributed by atoms with Crippen molar-refractivity contribution in [3.8, 4) is 0 Å². The molecule has 0 aliphatic carbocycles. The third-order valence-corrected chi connectivity index (χ3v) is 2.56. The van der Waals surface area contributed by atoms with Gasteiger partial charge < -0.3 is 14.0 Å². The van der Waals surface area contributed by atoms with Crippen molar-refractivity contribution in [1.82, 2.24) is 0 Å². The first-order chi connectivity index (χ1) is 7.15. The van der Waals surface area contributed by atoms with Crippen LogP contribution in [0.15, 0.2) is 11.3 Å². The Labute approximate surface area is 87.4 Å². The Kier molecular flexibility index (Phi) is 3.15. The van der Waals surface area contributed by atoms with Crippen molar-refractivity contribution in [2.24, 2.45) is 0 Å². The van der Waals surface area contributed by atoms with Crippen molar-refractivity contribution < 1.29 is 40.4 Å². The van der Waals surface area contributed by atoms with Gasteiger partial charge in [-0.05, 0) is 0 Å². The minimum Gasteiger partial charge on any atom is -0.478 e. The van der Waals surface area contributed by atoms with E-state index >= 15 is 0 Å². The van der Waals surface area contributed by atoms with Gasteiger partial charge in [0.2, 0.25) is 0 Å². The highest BCUT2D eigenvalue weighted by Crippen LogP contribution is 2.28. The summed E-state index contributed by atoms with van der Waals surface area (Å²) in [6.07, 6.45) is 0. The Morgan fingerprint density at radius 3 is 2.38 bits per heavy atom. The molecule has 0 amide bonds. The van der Waals surface area contributed by atoms with Crippen molar-refractivity contribution in [3.05, 3.63) is 11.3 Å². The molecule has 0 aromatic heterocycles. The van der Waals surface area contributed by atoms with Crippen molar-refractivity contribution in [1.29, 1.82) is 0 Å². The van der Waals surface area contributed by atoms with Crippen molar-refractivity contribution in [3.63, 3.8) is 0 Å². The van der Waals surface area contributed by atoms with E-state index in [1.807, 2.05) is 0 Å². The number of carboxylic acids is 1. The lowest BCUT2D eigenvalue weighted by Crippen LogP contribution is -2.26. The summed E-state index contributed by atoms with van der Waals surface area (Å²) in [6, 6.07) is 0. The predicted octanol–water partition coefficient (Wildman–Crippen LogP) is 0.221. The third-order valence-electron chi connectivity index (χ3n) is 1.57. The van der Waals surface area contributed by atoms with E-state index in [0.29, 0.717) is 0 Å². The number of carboxylic acid groups (broad SMARTS) is 1. The lowest BCUT2D eigenvalue weighted by molar-refractivity contribution is -0.133. The number of alkyl halides is 3. The van der Waals surface area contributed by atoms with Gasteiger partial charge in [-0.2, -0.15) is 21.6 Å². The normalized spacial score (nSPS) is 17.7. The van der Waals surface area contributed by atoms with Crippen LogP contribution in [0.25, 0.3) is 0 Å². The lowest BCUT2D eigenvalue weighted by atomic mass is 10.3. The summed E-state index contributed by atoms with van der Waals surface area (Å²) in [4.78, 5) is 10.5. The van der Waals surface area contributed by atoms with Crippen molar-refractivity contribution in [2.75, 3.05) is 13.2 Å². The molecule has 1 aliphatic heterocycles. The monoisotopic (exact) mass is 262 g/mol. The Bertz CT molecular complexity index is 434. The zero-order valence-corrected chi connectivity index (χ0v) is 8.26. The quantitative estimate of drug-likeness (QED) is 0.578. The van der Waals surface area contributed by atoms with E-state index in [-0.39, 0.29) is 0 Å². The van der Waals surface area contributed by atoms with Crippen LogP contribution in [-0.2, 0) is 23.8 Å². The molecule has 0 saturated carbocycles. The van der Waals surface area contributed by atoms with Crippen LogP contribution in [0.3, 0.4) is 0 Å². The number of rotatable bonds is 3. The number of aliphatic carboxylic acids is 1. The van der Waals surface area contributed by atoms with Crippen LogP contribution in [0, 0.1) is 0 Å². The van der Waals surface area contributed by atoms with Crippen molar-refractivity contribution in [2.45, 2.75) is 5.51 Å². The molecule has 0 spiro atoms. The van der Waals surface area contributed by atoms with Crippen molar-refractivity contribution >= 4 is 16.1 Å². The first-order valence-corrected chi connectivity index (χ1v) is 5.10. The molecule has 1 N–H and O–H groups in total. The molecule has 0 saturated heterocycles. The topological polar surface area (TPSA) is 89.9 Å². The molecule has 1 aliphatic rings. The maximum atomic E-state index is 11.9. The Morgan fingerprint density at radius 2 is 1.94 bits per heavy atom. The smallest absolute Gasteiger partial charge is 0.478 e. The molecule has 0 atom stereocenters. The highest BCUT2D eigenvalue weighted by molar-refractivity contribution is 7.87. The summed E-state index contributed by atoms with van der Waals surface area (Å²) in [6.45, 7) is -1.13. The second-order valence-corrected chi connectivity index (χ2v) is 4.22. The molecule has 10 heteroatoms. The molecule has 92 valence electrons. The predicted molar refractivity (Wildman–Crippen MR) is 41.5 cm³/mol. The Morgan fingerprint density at radius 1 is 1.38 bits per heavy atom. The van der Waals surface area contributed by atoms with E-state index in [9.17, 15) is 26.4 Å². The van der Waals surface area contributed by atoms with Gasteiger partial charge in [0.25, 0.3) is 0 Å². The zero-order valence-electron chi connectivity index (χ0n) is 7.44. The molecule has 0 radical (unpaired) electrons. The number of hydrogen-bond donors (Lipinski definition) is 1. The number of ether oxygens (including phenoxy) is 1. The van der Waals surface area contributed by atoms with E-state index in [1.54, 1.807) is 0 Å². The second-order valence-electron chi connectivity index (χ2n) is 2.68. The first kappa shape index (κ1) is 12.8. The van der Waals surface area contributed by atoms with Gasteiger partial charge in [-0.25, -0.2) is 4.79 Å². The number of halogens is 3. The molecule has 0 aromatic rings. The molecule has 6 nitrogen and oxygen atoms in total. The van der Waals surface area contributed by atoms with Gasteiger partial charge in [0.15, 0.2) is 5.76 Å². The van der Waals surface area contributed by atoms with Crippen LogP contribution in [0.2, 0.25) is 0 Å². The fraction of sp³-hybridized carbons (Fsp3) is 0.500. The zero-order chi connectivity index (χ0) is 12.6. The SMILES string of the molecule is O=C(O)C1=C(OS(=O)(=O)C(F)(F)F)COC1. The third kappa shape index (κ3) is 2.44. The Balaban J connectivity index is 2.99. The molecule has 0 aromatic carbocycles. The maximum absolute atomic E-state index is 11.9. The van der Waals surface area contributed by atoms with Crippen LogP contribution in [0.5, 0.6) is 0 Å². The van der Waals surface area contributed by atoms with Crippen LogP contribution in [-0.4, -0.2) is 38.2 Å². The molecular formula is C6H5F3O6S. The fourth-order valence-corrected chi connectivity index (χ4v) is 1.36. The molecule has 1 rings (SSSR count). The summed E-state index contributed by atoms with van der Waals surface area (Å²) in [7, 11) is -5.85. The minimum atomic E-state index is -5.85. The fourth-order valence-electron chi connectivity index (χ4n) is 0.848. The van der Waals surface area contributed by atoms with Gasteiger partial charge in [0, 0.05) is 0 Å². The average molecular weight is 262 g/mol. The highest BCUT2D eigenvalue weighted by atomic mass is 32.2. The van der Waals surface area contributed by atoms with E-state index < -0.39 is 46.1 Å². The molecule has 1 heterocycles. The van der Waals surface area contributed by atoms with E-state index in [0.717, 1.165) is 0 Å². The summed E-state index contributed by atoms with van der Waals surface area (Å²) < 4.78 is 64.9. The Hall–Kier alpha value is -1.29. The maximum Gasteiger partial charge on any atom is 0.534 e. The van der Waals surface area contributed by atoms with Crippen LogP contribution in [0.1, 0.15) is 0 Å². The van der Waals surface area contributed by atoms with Crippen LogP contribution in [0.4, 0.5) is 13.2 Å². The van der Waals surface area contributed by atoms with Gasteiger partial charge in [-0.3, -0.25) is 0 Å².